The zero-order chi connectivity index (χ0) is 18.6. The van der Waals surface area contributed by atoms with Crippen molar-refractivity contribution in [3.8, 4) is 5.75 Å². The summed E-state index contributed by atoms with van der Waals surface area (Å²) >= 11 is 11.9. The van der Waals surface area contributed by atoms with Crippen LogP contribution in [0.3, 0.4) is 0 Å². The van der Waals surface area contributed by atoms with Crippen LogP contribution in [0.4, 0.5) is 0 Å². The molecule has 0 saturated carbocycles. The maximum atomic E-state index is 12.5. The molecule has 1 N–H and O–H groups in total. The summed E-state index contributed by atoms with van der Waals surface area (Å²) in [5.41, 5.74) is 0. The van der Waals surface area contributed by atoms with Gasteiger partial charge in [0.1, 0.15) is 5.75 Å². The first-order valence-electron chi connectivity index (χ1n) is 7.77. The number of carbonyl (C=O) groups excluding carboxylic acids is 1. The average Bonchev–Trinajstić information content (AvgIpc) is 2.57. The van der Waals surface area contributed by atoms with E-state index in [0.29, 0.717) is 41.7 Å². The first kappa shape index (κ1) is 20.0. The molecular weight excluding hydrogens is 387 g/mol. The lowest BCUT2D eigenvalue weighted by molar-refractivity contribution is -0.139. The monoisotopic (exact) mass is 406 g/mol. The smallest absolute Gasteiger partial charge is 0.263 e. The number of hydrogen-bond donors (Lipinski definition) is 1. The number of nitrogens with one attached hydrogen (secondary N) is 1. The minimum atomic E-state index is -3.46. The molecule has 1 fully saturated rings. The van der Waals surface area contributed by atoms with Crippen LogP contribution in [0.25, 0.3) is 0 Å². The van der Waals surface area contributed by atoms with Gasteiger partial charge in [-0.05, 0) is 38.0 Å². The van der Waals surface area contributed by atoms with Crippen LogP contribution in [0.2, 0.25) is 10.0 Å². The van der Waals surface area contributed by atoms with Gasteiger partial charge in [-0.2, -0.15) is 0 Å². The van der Waals surface area contributed by atoms with E-state index >= 15 is 0 Å². The van der Waals surface area contributed by atoms with Crippen LogP contribution in [0.1, 0.15) is 19.8 Å². The van der Waals surface area contributed by atoms with E-state index < -0.39 is 16.1 Å². The number of rotatable bonds is 6. The molecule has 138 valence electrons. The summed E-state index contributed by atoms with van der Waals surface area (Å²) < 4.78 is 31.2. The van der Waals surface area contributed by atoms with Gasteiger partial charge in [-0.25, -0.2) is 13.1 Å². The molecule has 1 amide bonds. The Balaban J connectivity index is 1.90. The molecular formula is C16H20Cl2N2O4S. The van der Waals surface area contributed by atoms with Crippen LogP contribution < -0.4 is 9.46 Å². The van der Waals surface area contributed by atoms with E-state index in [9.17, 15) is 13.2 Å². The van der Waals surface area contributed by atoms with Gasteiger partial charge in [-0.1, -0.05) is 29.8 Å². The van der Waals surface area contributed by atoms with Crippen molar-refractivity contribution in [1.82, 2.24) is 9.62 Å². The quantitative estimate of drug-likeness (QED) is 0.787. The molecule has 1 unspecified atom stereocenters. The van der Waals surface area contributed by atoms with Crippen LogP contribution >= 0.6 is 23.2 Å². The predicted molar refractivity (Wildman–Crippen MR) is 98.4 cm³/mol. The predicted octanol–water partition coefficient (Wildman–Crippen LogP) is 2.81. The highest BCUT2D eigenvalue weighted by molar-refractivity contribution is 7.92. The van der Waals surface area contributed by atoms with Gasteiger partial charge in [-0.15, -0.1) is 0 Å². The van der Waals surface area contributed by atoms with Crippen molar-refractivity contribution in [2.75, 3.05) is 13.1 Å². The number of benzene rings is 1. The van der Waals surface area contributed by atoms with Crippen molar-refractivity contribution in [2.24, 2.45) is 0 Å². The van der Waals surface area contributed by atoms with Gasteiger partial charge >= 0.3 is 0 Å². The lowest BCUT2D eigenvalue weighted by atomic mass is 10.1. The van der Waals surface area contributed by atoms with Crippen LogP contribution in [-0.2, 0) is 14.8 Å². The third-order valence-corrected chi connectivity index (χ3v) is 5.53. The third kappa shape index (κ3) is 5.60. The summed E-state index contributed by atoms with van der Waals surface area (Å²) in [6.45, 7) is 5.82. The van der Waals surface area contributed by atoms with Crippen molar-refractivity contribution in [1.29, 1.82) is 0 Å². The summed E-state index contributed by atoms with van der Waals surface area (Å²) in [5.74, 6) is 0.219. The topological polar surface area (TPSA) is 75.7 Å². The zero-order valence-electron chi connectivity index (χ0n) is 13.7. The number of hydrogen-bond acceptors (Lipinski definition) is 4. The molecule has 0 aliphatic carbocycles. The molecule has 1 aliphatic heterocycles. The number of ether oxygens (including phenoxy) is 1. The molecule has 1 aromatic rings. The third-order valence-electron chi connectivity index (χ3n) is 3.90. The molecule has 6 nitrogen and oxygen atoms in total. The maximum absolute atomic E-state index is 12.5. The van der Waals surface area contributed by atoms with E-state index in [1.807, 2.05) is 0 Å². The second kappa shape index (κ2) is 8.40. The summed E-state index contributed by atoms with van der Waals surface area (Å²) in [6, 6.07) is 4.60. The summed E-state index contributed by atoms with van der Waals surface area (Å²) in [5, 5.41) is 1.71. The standard InChI is InChI=1S/C16H20Cl2N2O4S/c1-3-25(22,23)19-13-6-8-20(9-7-13)16(21)11(2)24-15-5-4-12(17)10-14(15)18/h3-5,10-11,13,19H,1,6-9H2,2H3. The largest absolute Gasteiger partial charge is 0.479 e. The van der Waals surface area contributed by atoms with E-state index in [4.69, 9.17) is 27.9 Å². The van der Waals surface area contributed by atoms with Crippen LogP contribution in [0.15, 0.2) is 30.2 Å². The Hall–Kier alpha value is -1.28. The fourth-order valence-corrected chi connectivity index (χ4v) is 3.82. The minimum absolute atomic E-state index is 0.170. The SMILES string of the molecule is C=CS(=O)(=O)NC1CCN(C(=O)C(C)Oc2ccc(Cl)cc2Cl)CC1. The lowest BCUT2D eigenvalue weighted by Gasteiger charge is -2.33. The van der Waals surface area contributed by atoms with Gasteiger partial charge in [0.2, 0.25) is 10.0 Å². The Kier molecular flexibility index (Phi) is 6.73. The summed E-state index contributed by atoms with van der Waals surface area (Å²) in [4.78, 5) is 14.2. The number of piperidine rings is 1. The van der Waals surface area contributed by atoms with Gasteiger partial charge in [0.05, 0.1) is 5.02 Å². The van der Waals surface area contributed by atoms with Gasteiger partial charge < -0.3 is 9.64 Å². The van der Waals surface area contributed by atoms with Crippen LogP contribution in [0, 0.1) is 0 Å². The molecule has 9 heteroatoms. The molecule has 0 spiro atoms. The molecule has 0 aromatic heterocycles. The van der Waals surface area contributed by atoms with Gasteiger partial charge in [0.25, 0.3) is 5.91 Å². The number of amides is 1. The first-order chi connectivity index (χ1) is 11.7. The van der Waals surface area contributed by atoms with Crippen LogP contribution in [0.5, 0.6) is 5.75 Å². The molecule has 0 radical (unpaired) electrons. The maximum Gasteiger partial charge on any atom is 0.263 e. The van der Waals surface area contributed by atoms with E-state index in [2.05, 4.69) is 11.3 Å². The summed E-state index contributed by atoms with van der Waals surface area (Å²) in [7, 11) is -3.46. The van der Waals surface area contributed by atoms with Crippen molar-refractivity contribution in [3.63, 3.8) is 0 Å². The molecule has 0 bridgehead atoms. The van der Waals surface area contributed by atoms with E-state index in [1.54, 1.807) is 30.0 Å². The van der Waals surface area contributed by atoms with Crippen molar-refractivity contribution in [2.45, 2.75) is 31.9 Å². The molecule has 1 atom stereocenters. The normalized spacial score (nSPS) is 17.2. The number of carbonyl (C=O) groups is 1. The fourth-order valence-electron chi connectivity index (χ4n) is 2.57. The number of sulfonamides is 1. The highest BCUT2D eigenvalue weighted by Gasteiger charge is 2.28. The molecule has 1 heterocycles. The first-order valence-corrected chi connectivity index (χ1v) is 10.1. The highest BCUT2D eigenvalue weighted by Crippen LogP contribution is 2.28. The van der Waals surface area contributed by atoms with Crippen molar-refractivity contribution in [3.05, 3.63) is 40.2 Å². The van der Waals surface area contributed by atoms with E-state index in [1.165, 1.54) is 0 Å². The Morgan fingerprint density at radius 2 is 2.04 bits per heavy atom. The molecule has 25 heavy (non-hydrogen) atoms. The average molecular weight is 407 g/mol. The van der Waals surface area contributed by atoms with Gasteiger partial charge in [0, 0.05) is 29.6 Å². The van der Waals surface area contributed by atoms with Crippen molar-refractivity contribution < 1.29 is 17.9 Å². The number of nitrogens with zero attached hydrogens (tertiary/aromatic N) is 1. The van der Waals surface area contributed by atoms with Gasteiger partial charge in [0.15, 0.2) is 6.10 Å². The van der Waals surface area contributed by atoms with E-state index in [-0.39, 0.29) is 11.9 Å². The Bertz CT molecular complexity index is 747. The lowest BCUT2D eigenvalue weighted by Crippen LogP contribution is -2.49. The number of halogens is 2. The molecule has 2 rings (SSSR count). The highest BCUT2D eigenvalue weighted by atomic mass is 35.5. The minimum Gasteiger partial charge on any atom is -0.479 e. The van der Waals surface area contributed by atoms with Gasteiger partial charge in [-0.3, -0.25) is 4.79 Å². The summed E-state index contributed by atoms with van der Waals surface area (Å²) in [6.07, 6.45) is 0.362. The Morgan fingerprint density at radius 1 is 1.40 bits per heavy atom. The number of likely N-dealkylation sites (tertiary alicyclic amines) is 1. The second-order valence-corrected chi connectivity index (χ2v) is 8.27. The second-order valence-electron chi connectivity index (χ2n) is 5.76. The molecule has 1 saturated heterocycles. The Morgan fingerprint density at radius 3 is 2.60 bits per heavy atom. The molecule has 1 aromatic carbocycles. The van der Waals surface area contributed by atoms with Crippen molar-refractivity contribution >= 4 is 39.1 Å². The zero-order valence-corrected chi connectivity index (χ0v) is 16.1. The van der Waals surface area contributed by atoms with Crippen LogP contribution in [-0.4, -0.2) is 44.5 Å². The molecule has 1 aliphatic rings. The fraction of sp³-hybridized carbons (Fsp3) is 0.438. The Labute approximate surface area is 157 Å². The van der Waals surface area contributed by atoms with E-state index in [0.717, 1.165) is 5.41 Å².